The molecule has 0 saturated carbocycles. The van der Waals surface area contributed by atoms with Gasteiger partial charge in [-0.3, -0.25) is 9.36 Å². The minimum absolute atomic E-state index is 0.0597. The molecule has 3 heterocycles. The van der Waals surface area contributed by atoms with Gasteiger partial charge < -0.3 is 10.2 Å². The summed E-state index contributed by atoms with van der Waals surface area (Å²) >= 11 is 0. The van der Waals surface area contributed by atoms with Crippen LogP contribution in [0.5, 0.6) is 0 Å². The standard InChI is InChI=1S/C18H25N5O/c24-18(20-8-5-12-22-10-3-1-2-4-11-22)16-6-7-17(21-14-16)23-13-9-19-15-23/h6-7,9,13-15H,1-5,8,10-12H2,(H,20,24). The Bertz CT molecular complexity index is 615. The largest absolute Gasteiger partial charge is 0.352 e. The maximum atomic E-state index is 12.2. The summed E-state index contributed by atoms with van der Waals surface area (Å²) in [6.07, 6.45) is 13.1. The first kappa shape index (κ1) is 16.6. The first-order valence-electron chi connectivity index (χ1n) is 8.78. The number of carbonyl (C=O) groups is 1. The molecule has 0 radical (unpaired) electrons. The van der Waals surface area contributed by atoms with Gasteiger partial charge in [0.2, 0.25) is 0 Å². The molecular weight excluding hydrogens is 302 g/mol. The summed E-state index contributed by atoms with van der Waals surface area (Å²) in [4.78, 5) is 23.0. The molecule has 24 heavy (non-hydrogen) atoms. The number of nitrogens with zero attached hydrogens (tertiary/aromatic N) is 4. The molecule has 6 nitrogen and oxygen atoms in total. The van der Waals surface area contributed by atoms with E-state index in [0.717, 1.165) is 18.8 Å². The van der Waals surface area contributed by atoms with Crippen molar-refractivity contribution in [3.8, 4) is 5.82 Å². The van der Waals surface area contributed by atoms with Crippen molar-refractivity contribution in [1.82, 2.24) is 24.8 Å². The minimum atomic E-state index is -0.0597. The van der Waals surface area contributed by atoms with Gasteiger partial charge in [0, 0.05) is 25.1 Å². The summed E-state index contributed by atoms with van der Waals surface area (Å²) in [5.41, 5.74) is 0.591. The van der Waals surface area contributed by atoms with Crippen LogP contribution in [0.1, 0.15) is 42.5 Å². The molecule has 1 fully saturated rings. The molecule has 1 aliphatic rings. The van der Waals surface area contributed by atoms with E-state index in [1.54, 1.807) is 24.8 Å². The predicted molar refractivity (Wildman–Crippen MR) is 93.2 cm³/mol. The average molecular weight is 327 g/mol. The summed E-state index contributed by atoms with van der Waals surface area (Å²) in [6, 6.07) is 3.63. The lowest BCUT2D eigenvalue weighted by Crippen LogP contribution is -2.30. The number of hydrogen-bond acceptors (Lipinski definition) is 4. The van der Waals surface area contributed by atoms with E-state index in [9.17, 15) is 4.79 Å². The van der Waals surface area contributed by atoms with E-state index in [-0.39, 0.29) is 5.91 Å². The summed E-state index contributed by atoms with van der Waals surface area (Å²) in [6.45, 7) is 4.18. The van der Waals surface area contributed by atoms with Crippen molar-refractivity contribution in [2.45, 2.75) is 32.1 Å². The molecule has 3 rings (SSSR count). The number of pyridine rings is 1. The third-order valence-electron chi connectivity index (χ3n) is 4.41. The van der Waals surface area contributed by atoms with Crippen molar-refractivity contribution in [3.05, 3.63) is 42.6 Å². The molecular formula is C18H25N5O. The van der Waals surface area contributed by atoms with Crippen molar-refractivity contribution in [2.75, 3.05) is 26.2 Å². The Kier molecular flexibility index (Phi) is 5.96. The number of carbonyl (C=O) groups excluding carboxylic acids is 1. The van der Waals surface area contributed by atoms with E-state index in [1.165, 1.54) is 38.8 Å². The second-order valence-electron chi connectivity index (χ2n) is 6.24. The molecule has 0 aliphatic carbocycles. The SMILES string of the molecule is O=C(NCCCN1CCCCCC1)c1ccc(-n2ccnc2)nc1. The van der Waals surface area contributed by atoms with Gasteiger partial charge in [-0.25, -0.2) is 9.97 Å². The van der Waals surface area contributed by atoms with Gasteiger partial charge in [0.15, 0.2) is 0 Å². The first-order valence-corrected chi connectivity index (χ1v) is 8.78. The van der Waals surface area contributed by atoms with E-state index in [0.29, 0.717) is 12.1 Å². The molecule has 1 N–H and O–H groups in total. The lowest BCUT2D eigenvalue weighted by molar-refractivity contribution is 0.0951. The number of aromatic nitrogens is 3. The van der Waals surface area contributed by atoms with Gasteiger partial charge in [-0.2, -0.15) is 0 Å². The van der Waals surface area contributed by atoms with Crippen molar-refractivity contribution in [2.24, 2.45) is 0 Å². The Labute approximate surface area is 142 Å². The Hall–Kier alpha value is -2.21. The summed E-state index contributed by atoms with van der Waals surface area (Å²) < 4.78 is 1.81. The summed E-state index contributed by atoms with van der Waals surface area (Å²) in [7, 11) is 0. The van der Waals surface area contributed by atoms with Crippen LogP contribution < -0.4 is 5.32 Å². The maximum Gasteiger partial charge on any atom is 0.252 e. The molecule has 0 aromatic carbocycles. The molecule has 1 saturated heterocycles. The zero-order valence-electron chi connectivity index (χ0n) is 14.0. The first-order chi connectivity index (χ1) is 11.8. The van der Waals surface area contributed by atoms with Crippen molar-refractivity contribution >= 4 is 5.91 Å². The van der Waals surface area contributed by atoms with Crippen LogP contribution in [0.4, 0.5) is 0 Å². The summed E-state index contributed by atoms with van der Waals surface area (Å²) in [5.74, 6) is 0.695. The minimum Gasteiger partial charge on any atom is -0.352 e. The predicted octanol–water partition coefficient (Wildman–Crippen LogP) is 2.26. The van der Waals surface area contributed by atoms with Crippen LogP contribution in [0, 0.1) is 0 Å². The monoisotopic (exact) mass is 327 g/mol. The van der Waals surface area contributed by atoms with Gasteiger partial charge in [-0.15, -0.1) is 0 Å². The smallest absolute Gasteiger partial charge is 0.252 e. The van der Waals surface area contributed by atoms with Gasteiger partial charge in [-0.1, -0.05) is 12.8 Å². The second-order valence-corrected chi connectivity index (χ2v) is 6.24. The molecule has 128 valence electrons. The molecule has 2 aromatic rings. The topological polar surface area (TPSA) is 63.1 Å². The molecule has 0 spiro atoms. The number of hydrogen-bond donors (Lipinski definition) is 1. The number of amides is 1. The van der Waals surface area contributed by atoms with Crippen LogP contribution in [0.25, 0.3) is 5.82 Å². The number of nitrogens with one attached hydrogen (secondary N) is 1. The van der Waals surface area contributed by atoms with E-state index in [4.69, 9.17) is 0 Å². The third kappa shape index (κ3) is 4.64. The van der Waals surface area contributed by atoms with Crippen molar-refractivity contribution < 1.29 is 4.79 Å². The Morgan fingerprint density at radius 2 is 2.00 bits per heavy atom. The van der Waals surface area contributed by atoms with E-state index >= 15 is 0 Å². The van der Waals surface area contributed by atoms with E-state index in [2.05, 4.69) is 20.2 Å². The Balaban J connectivity index is 1.41. The van der Waals surface area contributed by atoms with Crippen LogP contribution in [-0.2, 0) is 0 Å². The fourth-order valence-electron chi connectivity index (χ4n) is 3.03. The summed E-state index contributed by atoms with van der Waals surface area (Å²) in [5, 5.41) is 2.98. The van der Waals surface area contributed by atoms with E-state index < -0.39 is 0 Å². The van der Waals surface area contributed by atoms with Gasteiger partial charge in [0.25, 0.3) is 5.91 Å². The highest BCUT2D eigenvalue weighted by molar-refractivity contribution is 5.93. The van der Waals surface area contributed by atoms with Crippen LogP contribution in [0.2, 0.25) is 0 Å². The van der Waals surface area contributed by atoms with Crippen molar-refractivity contribution in [1.29, 1.82) is 0 Å². The molecule has 2 aromatic heterocycles. The van der Waals surface area contributed by atoms with Crippen LogP contribution in [0.15, 0.2) is 37.1 Å². The zero-order valence-corrected chi connectivity index (χ0v) is 14.0. The van der Waals surface area contributed by atoms with Crippen LogP contribution in [-0.4, -0.2) is 51.5 Å². The number of likely N-dealkylation sites (tertiary alicyclic amines) is 1. The second kappa shape index (κ2) is 8.59. The molecule has 0 bridgehead atoms. The molecule has 6 heteroatoms. The lowest BCUT2D eigenvalue weighted by atomic mass is 10.2. The highest BCUT2D eigenvalue weighted by Gasteiger charge is 2.09. The van der Waals surface area contributed by atoms with Gasteiger partial charge >= 0.3 is 0 Å². The molecule has 0 atom stereocenters. The Morgan fingerprint density at radius 3 is 2.67 bits per heavy atom. The molecule has 1 amide bonds. The van der Waals surface area contributed by atoms with Crippen LogP contribution >= 0.6 is 0 Å². The van der Waals surface area contributed by atoms with Gasteiger partial charge in [0.05, 0.1) is 5.56 Å². The average Bonchev–Trinajstić information content (AvgIpc) is 3.03. The van der Waals surface area contributed by atoms with Gasteiger partial charge in [-0.05, 0) is 51.0 Å². The van der Waals surface area contributed by atoms with E-state index in [1.807, 2.05) is 16.8 Å². The maximum absolute atomic E-state index is 12.2. The highest BCUT2D eigenvalue weighted by Crippen LogP contribution is 2.09. The number of imidazole rings is 1. The molecule has 0 unspecified atom stereocenters. The number of rotatable bonds is 6. The quantitative estimate of drug-likeness (QED) is 0.827. The fourth-order valence-corrected chi connectivity index (χ4v) is 3.03. The van der Waals surface area contributed by atoms with Crippen molar-refractivity contribution in [3.63, 3.8) is 0 Å². The van der Waals surface area contributed by atoms with Gasteiger partial charge in [0.1, 0.15) is 12.1 Å². The molecule has 1 aliphatic heterocycles. The Morgan fingerprint density at radius 1 is 1.17 bits per heavy atom. The normalized spacial score (nSPS) is 15.8. The van der Waals surface area contributed by atoms with Crippen LogP contribution in [0.3, 0.4) is 0 Å². The fraction of sp³-hybridized carbons (Fsp3) is 0.500. The lowest BCUT2D eigenvalue weighted by Gasteiger charge is -2.19. The zero-order chi connectivity index (χ0) is 16.6. The highest BCUT2D eigenvalue weighted by atomic mass is 16.1. The third-order valence-corrected chi connectivity index (χ3v) is 4.41.